The first-order chi connectivity index (χ1) is 21.4. The molecule has 3 aliphatic rings. The zero-order valence-electron chi connectivity index (χ0n) is 24.7. The summed E-state index contributed by atoms with van der Waals surface area (Å²) in [6.45, 7) is 1.82. The van der Waals surface area contributed by atoms with E-state index in [9.17, 15) is 24.8 Å². The largest absolute Gasteiger partial charge is 0.507 e. The molecule has 2 saturated heterocycles. The summed E-state index contributed by atoms with van der Waals surface area (Å²) in [6.07, 6.45) is 3.91. The number of para-hydroxylation sites is 2. The number of allylic oxidation sites excluding steroid dienone is 1. The van der Waals surface area contributed by atoms with Crippen molar-refractivity contribution in [3.8, 4) is 5.75 Å². The van der Waals surface area contributed by atoms with Crippen molar-refractivity contribution in [1.29, 1.82) is 0 Å². The lowest BCUT2D eigenvalue weighted by molar-refractivity contribution is -0.122. The Hall–Kier alpha value is -4.18. The van der Waals surface area contributed by atoms with E-state index >= 15 is 0 Å². The van der Waals surface area contributed by atoms with Gasteiger partial charge < -0.3 is 25.2 Å². The van der Waals surface area contributed by atoms with Crippen molar-refractivity contribution in [2.75, 3.05) is 16.8 Å². The van der Waals surface area contributed by atoms with Gasteiger partial charge in [0.2, 0.25) is 11.8 Å². The third-order valence-corrected chi connectivity index (χ3v) is 9.16. The number of carbonyl (C=O) groups is 2. The molecule has 9 heteroatoms. The Morgan fingerprint density at radius 2 is 1.68 bits per heavy atom. The Morgan fingerprint density at radius 3 is 2.39 bits per heavy atom. The SMILES string of the molecule is CC/C(=C\c1ccccc1O)CC[C@H]1OB(O)C[C@H]2C1=C(CO)C[C@H]1C(=O)N(c3ccc(Nc4ccccc4)cc3)C(=O)[C@H]12. The number of amides is 2. The highest BCUT2D eigenvalue weighted by Crippen LogP contribution is 2.51. The van der Waals surface area contributed by atoms with E-state index in [1.165, 1.54) is 4.90 Å². The highest BCUT2D eigenvalue weighted by molar-refractivity contribution is 6.43. The van der Waals surface area contributed by atoms with Crippen LogP contribution < -0.4 is 10.2 Å². The van der Waals surface area contributed by atoms with Gasteiger partial charge in [-0.25, -0.2) is 0 Å². The molecule has 6 rings (SSSR count). The number of benzene rings is 3. The van der Waals surface area contributed by atoms with Gasteiger partial charge >= 0.3 is 7.12 Å². The molecule has 0 bridgehead atoms. The lowest BCUT2D eigenvalue weighted by Gasteiger charge is -2.43. The van der Waals surface area contributed by atoms with Gasteiger partial charge in [0.25, 0.3) is 0 Å². The van der Waals surface area contributed by atoms with E-state index in [2.05, 4.69) is 12.2 Å². The number of phenols is 1. The van der Waals surface area contributed by atoms with Crippen LogP contribution in [0.2, 0.25) is 6.32 Å². The second-order valence-electron chi connectivity index (χ2n) is 11.8. The molecule has 0 unspecified atom stereocenters. The Morgan fingerprint density at radius 1 is 0.977 bits per heavy atom. The number of imide groups is 1. The number of anilines is 3. The van der Waals surface area contributed by atoms with Crippen molar-refractivity contribution in [1.82, 2.24) is 0 Å². The monoisotopic (exact) mass is 592 g/mol. The maximum atomic E-state index is 14.0. The molecule has 2 fully saturated rings. The standard InChI is InChI=1S/C35H37BN2O6/c1-2-22(18-23-8-6-7-11-30(23)40)12-17-31-32-24(21-39)19-28-33(29(32)20-36(43)44-31)35(42)38(34(28)41)27-15-13-26(14-16-27)37-25-9-4-3-5-10-25/h3-11,13-16,18,28-29,31,33,37,39-40,43H,2,12,17,19-21H2,1H3/b22-18+/t28-,29+,31-,33-/m1/s1. The van der Waals surface area contributed by atoms with Crippen LogP contribution in [0.15, 0.2) is 95.6 Å². The molecule has 8 nitrogen and oxygen atoms in total. The minimum Gasteiger partial charge on any atom is -0.507 e. The fourth-order valence-electron chi connectivity index (χ4n) is 7.04. The van der Waals surface area contributed by atoms with E-state index < -0.39 is 31.0 Å². The van der Waals surface area contributed by atoms with Gasteiger partial charge in [0.1, 0.15) is 5.75 Å². The number of aliphatic hydroxyl groups is 1. The first-order valence-electron chi connectivity index (χ1n) is 15.3. The number of hydrogen-bond acceptors (Lipinski definition) is 7. The summed E-state index contributed by atoms with van der Waals surface area (Å²) in [4.78, 5) is 29.0. The Labute approximate surface area is 257 Å². The normalized spacial score (nSPS) is 23.6. The Bertz CT molecular complexity index is 1590. The van der Waals surface area contributed by atoms with Gasteiger partial charge in [-0.3, -0.25) is 14.5 Å². The summed E-state index contributed by atoms with van der Waals surface area (Å²) in [7, 11) is -1.08. The van der Waals surface area contributed by atoms with E-state index in [1.54, 1.807) is 24.3 Å². The van der Waals surface area contributed by atoms with Crippen molar-refractivity contribution in [2.24, 2.45) is 17.8 Å². The van der Waals surface area contributed by atoms with E-state index in [0.29, 0.717) is 18.5 Å². The predicted octanol–water partition coefficient (Wildman–Crippen LogP) is 5.70. The number of aromatic hydroxyl groups is 1. The molecule has 0 saturated carbocycles. The molecule has 2 heterocycles. The number of fused-ring (bicyclic) bond motifs is 3. The average Bonchev–Trinajstić information content (AvgIpc) is 3.29. The summed E-state index contributed by atoms with van der Waals surface area (Å²) in [5.41, 5.74) is 5.69. The quantitative estimate of drug-likeness (QED) is 0.143. The number of hydrogen-bond donors (Lipinski definition) is 4. The summed E-state index contributed by atoms with van der Waals surface area (Å²) in [6, 6.07) is 24.1. The van der Waals surface area contributed by atoms with Crippen LogP contribution in [0.5, 0.6) is 5.75 Å². The Kier molecular flexibility index (Phi) is 8.71. The summed E-state index contributed by atoms with van der Waals surface area (Å²) < 4.78 is 6.03. The summed E-state index contributed by atoms with van der Waals surface area (Å²) in [5, 5.41) is 34.8. The third-order valence-electron chi connectivity index (χ3n) is 9.16. The molecule has 3 aromatic carbocycles. The van der Waals surface area contributed by atoms with Crippen LogP contribution in [-0.2, 0) is 14.2 Å². The third kappa shape index (κ3) is 5.83. The van der Waals surface area contributed by atoms with E-state index in [4.69, 9.17) is 4.65 Å². The molecule has 4 N–H and O–H groups in total. The second kappa shape index (κ2) is 12.8. The molecule has 44 heavy (non-hydrogen) atoms. The maximum Gasteiger partial charge on any atom is 0.455 e. The van der Waals surface area contributed by atoms with Crippen LogP contribution >= 0.6 is 0 Å². The van der Waals surface area contributed by atoms with Gasteiger partial charge in [0.05, 0.1) is 30.2 Å². The molecular weight excluding hydrogens is 555 g/mol. The average molecular weight is 593 g/mol. The van der Waals surface area contributed by atoms with Gasteiger partial charge in [0.15, 0.2) is 0 Å². The second-order valence-corrected chi connectivity index (χ2v) is 11.8. The van der Waals surface area contributed by atoms with E-state index in [0.717, 1.165) is 40.1 Å². The fourth-order valence-corrected chi connectivity index (χ4v) is 7.04. The summed E-state index contributed by atoms with van der Waals surface area (Å²) in [5.74, 6) is -1.97. The molecule has 0 radical (unpaired) electrons. The van der Waals surface area contributed by atoms with E-state index in [1.807, 2.05) is 60.7 Å². The smallest absolute Gasteiger partial charge is 0.455 e. The minimum absolute atomic E-state index is 0.192. The number of aliphatic hydroxyl groups excluding tert-OH is 1. The number of nitrogens with one attached hydrogen (secondary N) is 1. The molecule has 0 aromatic heterocycles. The van der Waals surface area contributed by atoms with Gasteiger partial charge in [-0.2, -0.15) is 0 Å². The molecule has 3 aromatic rings. The molecule has 2 aliphatic heterocycles. The van der Waals surface area contributed by atoms with Crippen molar-refractivity contribution in [2.45, 2.75) is 45.0 Å². The number of nitrogens with zero attached hydrogens (tertiary/aromatic N) is 1. The fraction of sp³-hybridized carbons (Fsp3) is 0.314. The number of rotatable bonds is 9. The molecular formula is C35H37BN2O6. The zero-order valence-corrected chi connectivity index (χ0v) is 24.7. The van der Waals surface area contributed by atoms with E-state index in [-0.39, 0.29) is 36.9 Å². The van der Waals surface area contributed by atoms with Gasteiger partial charge in [-0.1, -0.05) is 55.0 Å². The van der Waals surface area contributed by atoms with Crippen LogP contribution in [0.25, 0.3) is 6.08 Å². The van der Waals surface area contributed by atoms with Gasteiger partial charge in [0, 0.05) is 16.9 Å². The van der Waals surface area contributed by atoms with Crippen LogP contribution in [0.1, 0.15) is 38.2 Å². The molecule has 4 atom stereocenters. The topological polar surface area (TPSA) is 119 Å². The van der Waals surface area contributed by atoms with Crippen molar-refractivity contribution in [3.05, 3.63) is 101 Å². The van der Waals surface area contributed by atoms with Crippen molar-refractivity contribution < 1.29 is 29.5 Å². The van der Waals surface area contributed by atoms with Crippen molar-refractivity contribution >= 4 is 42.1 Å². The molecule has 2 amide bonds. The number of carbonyl (C=O) groups excluding carboxylic acids is 2. The lowest BCUT2D eigenvalue weighted by Crippen LogP contribution is -2.46. The van der Waals surface area contributed by atoms with Crippen LogP contribution in [0.4, 0.5) is 17.1 Å². The van der Waals surface area contributed by atoms with Crippen LogP contribution in [0, 0.1) is 17.8 Å². The van der Waals surface area contributed by atoms with Gasteiger partial charge in [-0.15, -0.1) is 0 Å². The van der Waals surface area contributed by atoms with Crippen LogP contribution in [0.3, 0.4) is 0 Å². The minimum atomic E-state index is -1.08. The zero-order chi connectivity index (χ0) is 30.8. The van der Waals surface area contributed by atoms with Gasteiger partial charge in [-0.05, 0) is 91.5 Å². The maximum absolute atomic E-state index is 14.0. The molecule has 226 valence electrons. The highest BCUT2D eigenvalue weighted by Gasteiger charge is 2.57. The Balaban J connectivity index is 1.23. The number of phenolic OH excluding ortho intramolecular Hbond substituents is 1. The first-order valence-corrected chi connectivity index (χ1v) is 15.3. The molecule has 0 spiro atoms. The molecule has 1 aliphatic carbocycles. The summed E-state index contributed by atoms with van der Waals surface area (Å²) >= 11 is 0. The predicted molar refractivity (Wildman–Crippen MR) is 171 cm³/mol. The first kappa shape index (κ1) is 29.9. The van der Waals surface area contributed by atoms with Crippen LogP contribution in [-0.4, -0.2) is 46.9 Å². The lowest BCUT2D eigenvalue weighted by atomic mass is 9.58. The van der Waals surface area contributed by atoms with Crippen molar-refractivity contribution in [3.63, 3.8) is 0 Å². The highest BCUT2D eigenvalue weighted by atomic mass is 16.5.